The fourth-order valence-electron chi connectivity index (χ4n) is 1.80. The van der Waals surface area contributed by atoms with E-state index in [-0.39, 0.29) is 6.61 Å². The maximum atomic E-state index is 8.87. The second kappa shape index (κ2) is 5.89. The van der Waals surface area contributed by atoms with Gasteiger partial charge in [0.2, 0.25) is 0 Å². The number of nitrogens with zero attached hydrogens (tertiary/aromatic N) is 1. The topological polar surface area (TPSA) is 23.5 Å². The highest BCUT2D eigenvalue weighted by Crippen LogP contribution is 2.23. The summed E-state index contributed by atoms with van der Waals surface area (Å²) < 4.78 is 0. The van der Waals surface area contributed by atoms with E-state index in [1.54, 1.807) is 0 Å². The first-order chi connectivity index (χ1) is 7.15. The highest BCUT2D eigenvalue weighted by Gasteiger charge is 2.12. The Labute approximate surface area is 92.5 Å². The van der Waals surface area contributed by atoms with E-state index in [9.17, 15) is 0 Å². The quantitative estimate of drug-likeness (QED) is 0.801. The van der Waals surface area contributed by atoms with Gasteiger partial charge in [0.25, 0.3) is 0 Å². The SMILES string of the molecule is Cc1ccc(C(CCCO)N(C)C)cc1. The maximum Gasteiger partial charge on any atom is 0.0431 e. The van der Waals surface area contributed by atoms with E-state index in [0.717, 1.165) is 12.8 Å². The first kappa shape index (κ1) is 12.2. The molecule has 0 fully saturated rings. The molecular formula is C13H21NO. The van der Waals surface area contributed by atoms with E-state index in [0.29, 0.717) is 6.04 Å². The molecule has 0 spiro atoms. The summed E-state index contributed by atoms with van der Waals surface area (Å²) in [5.74, 6) is 0. The van der Waals surface area contributed by atoms with Crippen LogP contribution in [0.2, 0.25) is 0 Å². The van der Waals surface area contributed by atoms with Crippen molar-refractivity contribution in [2.45, 2.75) is 25.8 Å². The highest BCUT2D eigenvalue weighted by atomic mass is 16.2. The van der Waals surface area contributed by atoms with Crippen molar-refractivity contribution < 1.29 is 5.11 Å². The normalized spacial score (nSPS) is 13.1. The Hall–Kier alpha value is -0.860. The van der Waals surface area contributed by atoms with Gasteiger partial charge in [-0.2, -0.15) is 0 Å². The van der Waals surface area contributed by atoms with Crippen LogP contribution in [0.25, 0.3) is 0 Å². The van der Waals surface area contributed by atoms with Crippen molar-refractivity contribution in [1.29, 1.82) is 0 Å². The predicted octanol–water partition coefficient (Wildman–Crippen LogP) is 2.37. The standard InChI is InChI=1S/C13H21NO/c1-11-6-8-12(9-7-11)13(14(2)3)5-4-10-15/h6-9,13,15H,4-5,10H2,1-3H3. The van der Waals surface area contributed by atoms with E-state index < -0.39 is 0 Å². The predicted molar refractivity (Wildman–Crippen MR) is 63.9 cm³/mol. The Morgan fingerprint density at radius 2 is 1.80 bits per heavy atom. The zero-order valence-electron chi connectivity index (χ0n) is 9.90. The van der Waals surface area contributed by atoms with E-state index in [1.165, 1.54) is 11.1 Å². The number of rotatable bonds is 5. The summed E-state index contributed by atoms with van der Waals surface area (Å²) >= 11 is 0. The third kappa shape index (κ3) is 3.65. The minimum atomic E-state index is 0.274. The molecule has 0 bridgehead atoms. The molecule has 1 aromatic rings. The van der Waals surface area contributed by atoms with Gasteiger partial charge in [0.15, 0.2) is 0 Å². The second-order valence-corrected chi connectivity index (χ2v) is 4.26. The van der Waals surface area contributed by atoms with Gasteiger partial charge in [0.05, 0.1) is 0 Å². The monoisotopic (exact) mass is 207 g/mol. The molecule has 15 heavy (non-hydrogen) atoms. The molecule has 1 rings (SSSR count). The molecule has 0 saturated carbocycles. The van der Waals surface area contributed by atoms with E-state index in [4.69, 9.17) is 5.11 Å². The van der Waals surface area contributed by atoms with Crippen LogP contribution >= 0.6 is 0 Å². The van der Waals surface area contributed by atoms with Crippen molar-refractivity contribution in [3.8, 4) is 0 Å². The molecule has 1 atom stereocenters. The number of aliphatic hydroxyl groups excluding tert-OH is 1. The second-order valence-electron chi connectivity index (χ2n) is 4.26. The third-order valence-corrected chi connectivity index (χ3v) is 2.72. The van der Waals surface area contributed by atoms with Gasteiger partial charge in [-0.25, -0.2) is 0 Å². The lowest BCUT2D eigenvalue weighted by Crippen LogP contribution is -2.20. The first-order valence-electron chi connectivity index (χ1n) is 5.49. The van der Waals surface area contributed by atoms with Crippen molar-refractivity contribution in [2.24, 2.45) is 0 Å². The van der Waals surface area contributed by atoms with E-state index in [2.05, 4.69) is 50.2 Å². The van der Waals surface area contributed by atoms with Crippen LogP contribution in [0.15, 0.2) is 24.3 Å². The summed E-state index contributed by atoms with van der Waals surface area (Å²) in [6.07, 6.45) is 1.86. The zero-order valence-corrected chi connectivity index (χ0v) is 9.90. The van der Waals surface area contributed by atoms with Crippen LogP contribution in [0, 0.1) is 6.92 Å². The summed E-state index contributed by atoms with van der Waals surface area (Å²) in [5, 5.41) is 8.87. The third-order valence-electron chi connectivity index (χ3n) is 2.72. The Bertz CT molecular complexity index is 279. The summed E-state index contributed by atoms with van der Waals surface area (Å²) in [4.78, 5) is 2.21. The van der Waals surface area contributed by atoms with Crippen LogP contribution in [0.4, 0.5) is 0 Å². The number of aliphatic hydroxyl groups is 1. The van der Waals surface area contributed by atoms with Crippen molar-refractivity contribution in [3.63, 3.8) is 0 Å². The fourth-order valence-corrected chi connectivity index (χ4v) is 1.80. The van der Waals surface area contributed by atoms with Crippen molar-refractivity contribution >= 4 is 0 Å². The largest absolute Gasteiger partial charge is 0.396 e. The molecule has 2 heteroatoms. The van der Waals surface area contributed by atoms with E-state index >= 15 is 0 Å². The molecule has 0 aromatic heterocycles. The Kier molecular flexibility index (Phi) is 4.79. The van der Waals surface area contributed by atoms with Crippen LogP contribution in [-0.2, 0) is 0 Å². The van der Waals surface area contributed by atoms with Crippen LogP contribution in [-0.4, -0.2) is 30.7 Å². The fraction of sp³-hybridized carbons (Fsp3) is 0.538. The Morgan fingerprint density at radius 3 is 2.27 bits per heavy atom. The molecule has 0 aliphatic heterocycles. The van der Waals surface area contributed by atoms with Gasteiger partial charge in [-0.05, 0) is 39.4 Å². The zero-order chi connectivity index (χ0) is 11.3. The summed E-state index contributed by atoms with van der Waals surface area (Å²) in [7, 11) is 4.17. The lowest BCUT2D eigenvalue weighted by molar-refractivity contribution is 0.235. The number of benzene rings is 1. The summed E-state index contributed by atoms with van der Waals surface area (Å²) in [6.45, 7) is 2.37. The molecule has 1 unspecified atom stereocenters. The highest BCUT2D eigenvalue weighted by molar-refractivity contribution is 5.24. The van der Waals surface area contributed by atoms with Crippen molar-refractivity contribution in [1.82, 2.24) is 4.90 Å². The molecule has 0 heterocycles. The molecule has 0 radical (unpaired) electrons. The minimum Gasteiger partial charge on any atom is -0.396 e. The van der Waals surface area contributed by atoms with Gasteiger partial charge >= 0.3 is 0 Å². The van der Waals surface area contributed by atoms with Crippen molar-refractivity contribution in [2.75, 3.05) is 20.7 Å². The average Bonchev–Trinajstić information content (AvgIpc) is 2.21. The molecule has 2 nitrogen and oxygen atoms in total. The number of aryl methyl sites for hydroxylation is 1. The van der Waals surface area contributed by atoms with Gasteiger partial charge in [-0.3, -0.25) is 0 Å². The number of hydrogen-bond donors (Lipinski definition) is 1. The Morgan fingerprint density at radius 1 is 1.20 bits per heavy atom. The molecule has 84 valence electrons. The average molecular weight is 207 g/mol. The lowest BCUT2D eigenvalue weighted by Gasteiger charge is -2.24. The molecule has 1 aromatic carbocycles. The molecule has 0 aliphatic rings. The number of hydrogen-bond acceptors (Lipinski definition) is 2. The molecule has 0 amide bonds. The first-order valence-corrected chi connectivity index (χ1v) is 5.49. The van der Waals surface area contributed by atoms with Gasteiger partial charge in [0, 0.05) is 12.6 Å². The van der Waals surface area contributed by atoms with Crippen molar-refractivity contribution in [3.05, 3.63) is 35.4 Å². The van der Waals surface area contributed by atoms with Gasteiger partial charge < -0.3 is 10.0 Å². The smallest absolute Gasteiger partial charge is 0.0431 e. The van der Waals surface area contributed by atoms with Crippen LogP contribution in [0.5, 0.6) is 0 Å². The summed E-state index contributed by atoms with van der Waals surface area (Å²) in [6, 6.07) is 9.06. The van der Waals surface area contributed by atoms with Crippen LogP contribution in [0.3, 0.4) is 0 Å². The lowest BCUT2D eigenvalue weighted by atomic mass is 10.0. The van der Waals surface area contributed by atoms with Gasteiger partial charge in [0.1, 0.15) is 0 Å². The summed E-state index contributed by atoms with van der Waals surface area (Å²) in [5.41, 5.74) is 2.62. The van der Waals surface area contributed by atoms with E-state index in [1.807, 2.05) is 0 Å². The maximum absolute atomic E-state index is 8.87. The molecule has 0 aliphatic carbocycles. The molecule has 0 saturated heterocycles. The minimum absolute atomic E-state index is 0.274. The van der Waals surface area contributed by atoms with Gasteiger partial charge in [-0.15, -0.1) is 0 Å². The molecular weight excluding hydrogens is 186 g/mol. The Balaban J connectivity index is 2.74. The van der Waals surface area contributed by atoms with Crippen LogP contribution < -0.4 is 0 Å². The molecule has 1 N–H and O–H groups in total. The van der Waals surface area contributed by atoms with Crippen LogP contribution in [0.1, 0.15) is 30.0 Å². The van der Waals surface area contributed by atoms with Gasteiger partial charge in [-0.1, -0.05) is 29.8 Å².